The highest BCUT2D eigenvalue weighted by Crippen LogP contribution is 2.01. The smallest absolute Gasteiger partial charge is 0.220 e. The van der Waals surface area contributed by atoms with Crippen LogP contribution in [0.4, 0.5) is 0 Å². The average molecular weight is 505 g/mol. The topological polar surface area (TPSA) is 106 Å². The molecule has 0 saturated carbocycles. The number of azide groups is 1. The van der Waals surface area contributed by atoms with E-state index in [4.69, 9.17) is 19.7 Å². The van der Waals surface area contributed by atoms with Gasteiger partial charge in [-0.15, -0.1) is 0 Å². The van der Waals surface area contributed by atoms with Crippen molar-refractivity contribution in [2.45, 2.75) is 71.1 Å². The first kappa shape index (κ1) is 33.6. The van der Waals surface area contributed by atoms with Gasteiger partial charge in [-0.3, -0.25) is 4.79 Å². The summed E-state index contributed by atoms with van der Waals surface area (Å²) in [5.41, 5.74) is 8.12. The van der Waals surface area contributed by atoms with Crippen LogP contribution in [-0.2, 0) is 19.0 Å². The Bertz CT molecular complexity index is 656. The van der Waals surface area contributed by atoms with Crippen LogP contribution in [0.3, 0.4) is 0 Å². The number of nitrogens with one attached hydrogen (secondary N) is 1. The van der Waals surface area contributed by atoms with E-state index < -0.39 is 0 Å². The molecule has 0 aliphatic heterocycles. The van der Waals surface area contributed by atoms with Crippen molar-refractivity contribution in [2.24, 2.45) is 5.11 Å². The zero-order valence-electron chi connectivity index (χ0n) is 22.3. The molecular formula is C28H48N4O4. The Balaban J connectivity index is 3.39. The van der Waals surface area contributed by atoms with E-state index in [0.717, 1.165) is 32.1 Å². The van der Waals surface area contributed by atoms with Gasteiger partial charge in [0.15, 0.2) is 0 Å². The van der Waals surface area contributed by atoms with Gasteiger partial charge in [-0.2, -0.15) is 0 Å². The summed E-state index contributed by atoms with van der Waals surface area (Å²) in [4.78, 5) is 14.5. The molecule has 0 aromatic rings. The molecule has 8 heteroatoms. The molecule has 0 saturated heterocycles. The molecule has 204 valence electrons. The molecule has 0 aromatic carbocycles. The summed E-state index contributed by atoms with van der Waals surface area (Å²) >= 11 is 0. The van der Waals surface area contributed by atoms with E-state index in [1.54, 1.807) is 0 Å². The van der Waals surface area contributed by atoms with E-state index in [9.17, 15) is 4.79 Å². The van der Waals surface area contributed by atoms with Gasteiger partial charge in [-0.1, -0.05) is 73.5 Å². The summed E-state index contributed by atoms with van der Waals surface area (Å²) in [6, 6.07) is 0. The number of unbranched alkanes of at least 4 members (excludes halogenated alkanes) is 4. The van der Waals surface area contributed by atoms with Gasteiger partial charge in [0.05, 0.1) is 39.6 Å². The first-order valence-electron chi connectivity index (χ1n) is 13.4. The minimum atomic E-state index is 0.0589. The highest BCUT2D eigenvalue weighted by atomic mass is 16.5. The number of amides is 1. The second-order valence-electron chi connectivity index (χ2n) is 8.12. The quantitative estimate of drug-likeness (QED) is 0.0470. The van der Waals surface area contributed by atoms with Crippen LogP contribution in [0.5, 0.6) is 0 Å². The first-order valence-corrected chi connectivity index (χ1v) is 13.4. The van der Waals surface area contributed by atoms with Crippen LogP contribution < -0.4 is 5.32 Å². The van der Waals surface area contributed by atoms with E-state index in [-0.39, 0.29) is 5.91 Å². The number of hydrogen-bond acceptors (Lipinski definition) is 5. The molecule has 0 aromatic heterocycles. The molecule has 0 atom stereocenters. The molecule has 1 amide bonds. The van der Waals surface area contributed by atoms with Crippen LogP contribution in [0.15, 0.2) is 53.7 Å². The predicted molar refractivity (Wildman–Crippen MR) is 148 cm³/mol. The lowest BCUT2D eigenvalue weighted by Gasteiger charge is -2.07. The number of allylic oxidation sites excluding steroid dienone is 8. The van der Waals surface area contributed by atoms with Gasteiger partial charge in [0.1, 0.15) is 0 Å². The zero-order chi connectivity index (χ0) is 26.2. The van der Waals surface area contributed by atoms with E-state index in [0.29, 0.717) is 59.2 Å². The zero-order valence-corrected chi connectivity index (χ0v) is 22.3. The Morgan fingerprint density at radius 2 is 1.28 bits per heavy atom. The van der Waals surface area contributed by atoms with E-state index in [1.807, 2.05) is 0 Å². The van der Waals surface area contributed by atoms with Crippen molar-refractivity contribution >= 4 is 5.91 Å². The standard InChI is InChI=1S/C28H48N4O4/c1-2-3-4-5-6-7-8-9-10-11-12-13-14-15-16-17-18-19-28(33)30-20-22-34-24-26-36-27-25-35-23-21-31-32-29/h6-7,9-10,12-13,15-16H,2-5,8,11,14,17-27H2,1H3,(H,30,33)/b7-6-,10-9-,13-12-,16-15-. The monoisotopic (exact) mass is 504 g/mol. The van der Waals surface area contributed by atoms with Crippen molar-refractivity contribution in [2.75, 3.05) is 52.7 Å². The van der Waals surface area contributed by atoms with Crippen LogP contribution >= 0.6 is 0 Å². The second-order valence-corrected chi connectivity index (χ2v) is 8.12. The largest absolute Gasteiger partial charge is 0.379 e. The van der Waals surface area contributed by atoms with Crippen LogP contribution in [0.2, 0.25) is 0 Å². The van der Waals surface area contributed by atoms with Crippen LogP contribution in [-0.4, -0.2) is 58.6 Å². The minimum absolute atomic E-state index is 0.0589. The van der Waals surface area contributed by atoms with Gasteiger partial charge in [-0.05, 0) is 50.5 Å². The fourth-order valence-electron chi connectivity index (χ4n) is 2.98. The molecule has 0 fully saturated rings. The number of carbonyl (C=O) groups excluding carboxylic acids is 1. The fraction of sp³-hybridized carbons (Fsp3) is 0.679. The van der Waals surface area contributed by atoms with Crippen molar-refractivity contribution < 1.29 is 19.0 Å². The van der Waals surface area contributed by atoms with Crippen molar-refractivity contribution in [1.29, 1.82) is 0 Å². The summed E-state index contributed by atoms with van der Waals surface area (Å²) in [6.07, 6.45) is 28.0. The third-order valence-electron chi connectivity index (χ3n) is 4.94. The maximum atomic E-state index is 11.8. The van der Waals surface area contributed by atoms with Crippen LogP contribution in [0.25, 0.3) is 10.4 Å². The maximum Gasteiger partial charge on any atom is 0.220 e. The maximum absolute atomic E-state index is 11.8. The highest BCUT2D eigenvalue weighted by Gasteiger charge is 1.99. The summed E-state index contributed by atoms with van der Waals surface area (Å²) < 4.78 is 16.0. The summed E-state index contributed by atoms with van der Waals surface area (Å²) in [7, 11) is 0. The highest BCUT2D eigenvalue weighted by molar-refractivity contribution is 5.75. The Morgan fingerprint density at radius 3 is 1.86 bits per heavy atom. The number of nitrogens with zero attached hydrogens (tertiary/aromatic N) is 3. The Labute approximate surface area is 218 Å². The normalized spacial score (nSPS) is 11.8. The first-order chi connectivity index (χ1) is 17.8. The van der Waals surface area contributed by atoms with Gasteiger partial charge in [0.25, 0.3) is 0 Å². The molecule has 0 bridgehead atoms. The molecular weight excluding hydrogens is 456 g/mol. The predicted octanol–water partition coefficient (Wildman–Crippen LogP) is 6.61. The Kier molecular flexibility index (Phi) is 28.6. The molecule has 0 aliphatic rings. The Morgan fingerprint density at radius 1 is 0.750 bits per heavy atom. The van der Waals surface area contributed by atoms with Crippen molar-refractivity contribution in [3.63, 3.8) is 0 Å². The summed E-state index contributed by atoms with van der Waals surface area (Å²) in [5.74, 6) is 0.0589. The third kappa shape index (κ3) is 29.7. The van der Waals surface area contributed by atoms with Crippen molar-refractivity contribution in [3.05, 3.63) is 59.1 Å². The van der Waals surface area contributed by atoms with Gasteiger partial charge in [0, 0.05) is 24.4 Å². The number of ether oxygens (including phenoxy) is 3. The van der Waals surface area contributed by atoms with E-state index >= 15 is 0 Å². The van der Waals surface area contributed by atoms with Gasteiger partial charge >= 0.3 is 0 Å². The molecule has 36 heavy (non-hydrogen) atoms. The molecule has 1 N–H and O–H groups in total. The number of hydrogen-bond donors (Lipinski definition) is 1. The molecule has 0 radical (unpaired) electrons. The van der Waals surface area contributed by atoms with Crippen molar-refractivity contribution in [1.82, 2.24) is 5.32 Å². The van der Waals surface area contributed by atoms with Crippen LogP contribution in [0.1, 0.15) is 71.1 Å². The third-order valence-corrected chi connectivity index (χ3v) is 4.94. The van der Waals surface area contributed by atoms with Gasteiger partial charge < -0.3 is 19.5 Å². The van der Waals surface area contributed by atoms with Gasteiger partial charge in [-0.25, -0.2) is 0 Å². The Hall–Kier alpha value is -2.38. The van der Waals surface area contributed by atoms with E-state index in [1.165, 1.54) is 25.7 Å². The lowest BCUT2D eigenvalue weighted by atomic mass is 10.2. The molecule has 0 rings (SSSR count). The van der Waals surface area contributed by atoms with Crippen molar-refractivity contribution in [3.8, 4) is 0 Å². The number of rotatable bonds is 26. The summed E-state index contributed by atoms with van der Waals surface area (Å²) in [5, 5.41) is 6.24. The molecule has 0 unspecified atom stereocenters. The number of carbonyl (C=O) groups is 1. The van der Waals surface area contributed by atoms with Gasteiger partial charge in [0.2, 0.25) is 5.91 Å². The second kappa shape index (κ2) is 30.7. The van der Waals surface area contributed by atoms with Crippen LogP contribution in [0, 0.1) is 0 Å². The average Bonchev–Trinajstić information content (AvgIpc) is 2.88. The molecule has 0 spiro atoms. The molecule has 8 nitrogen and oxygen atoms in total. The molecule has 0 aliphatic carbocycles. The molecule has 0 heterocycles. The fourth-order valence-corrected chi connectivity index (χ4v) is 2.98. The SMILES string of the molecule is CCCCC/C=C\C/C=C\C/C=C\C/C=C\CCCC(=O)NCCOCCOCCOCCN=[N+]=[N-]. The lowest BCUT2D eigenvalue weighted by Crippen LogP contribution is -2.27. The lowest BCUT2D eigenvalue weighted by molar-refractivity contribution is -0.121. The minimum Gasteiger partial charge on any atom is -0.379 e. The van der Waals surface area contributed by atoms with E-state index in [2.05, 4.69) is 70.9 Å². The summed E-state index contributed by atoms with van der Waals surface area (Å²) in [6.45, 7) is 5.80.